The van der Waals surface area contributed by atoms with Gasteiger partial charge in [-0.2, -0.15) is 4.39 Å². The van der Waals surface area contributed by atoms with E-state index in [2.05, 4.69) is 64.8 Å². The third kappa shape index (κ3) is 4.79. The number of rotatable bonds is 5. The molecule has 8 nitrogen and oxygen atoms in total. The Balaban J connectivity index is 1.30. The Morgan fingerprint density at radius 1 is 1.06 bits per heavy atom. The Bertz CT molecular complexity index is 1400. The van der Waals surface area contributed by atoms with Gasteiger partial charge in [0, 0.05) is 50.6 Å². The molecule has 0 atom stereocenters. The van der Waals surface area contributed by atoms with Crippen molar-refractivity contribution in [3.63, 3.8) is 0 Å². The summed E-state index contributed by atoms with van der Waals surface area (Å²) < 4.78 is 13.7. The standard InChI is InChI=1S/C27H29FN6O2/c1-27(2,3)20-7-5-19(6-8-20)25-30-22-10-11-29-26(24(22)31-25)33-14-12-32(13-15-33)17-18-4-9-21(28)23(16-18)34(35)36/h4-11,16H,12-15,17H2,1-3H3,(H,30,31). The normalized spacial score (nSPS) is 14.9. The van der Waals surface area contributed by atoms with Gasteiger partial charge in [0.2, 0.25) is 5.82 Å². The first kappa shape index (κ1) is 23.9. The van der Waals surface area contributed by atoms with Crippen LogP contribution in [0.25, 0.3) is 22.4 Å². The predicted molar refractivity (Wildman–Crippen MR) is 139 cm³/mol. The molecule has 1 aliphatic heterocycles. The summed E-state index contributed by atoms with van der Waals surface area (Å²) in [6.07, 6.45) is 1.80. The van der Waals surface area contributed by atoms with Gasteiger partial charge in [-0.15, -0.1) is 0 Å². The number of fused-ring (bicyclic) bond motifs is 1. The first-order valence-electron chi connectivity index (χ1n) is 12.0. The van der Waals surface area contributed by atoms with Crippen LogP contribution in [0.3, 0.4) is 0 Å². The van der Waals surface area contributed by atoms with Crippen LogP contribution in [0.4, 0.5) is 15.9 Å². The number of hydrogen-bond acceptors (Lipinski definition) is 6. The minimum Gasteiger partial charge on any atom is -0.352 e. The molecule has 0 radical (unpaired) electrons. The molecule has 1 N–H and O–H groups in total. The number of H-pyrrole nitrogens is 1. The van der Waals surface area contributed by atoms with E-state index in [4.69, 9.17) is 4.98 Å². The predicted octanol–water partition coefficient (Wildman–Crippen LogP) is 5.29. The zero-order valence-electron chi connectivity index (χ0n) is 20.7. The number of aromatic amines is 1. The number of nitrogens with one attached hydrogen (secondary N) is 1. The molecule has 0 saturated carbocycles. The Labute approximate surface area is 208 Å². The molecule has 1 aliphatic rings. The van der Waals surface area contributed by atoms with E-state index in [9.17, 15) is 14.5 Å². The highest BCUT2D eigenvalue weighted by Gasteiger charge is 2.23. The second-order valence-corrected chi connectivity index (χ2v) is 10.2. The summed E-state index contributed by atoms with van der Waals surface area (Å²) >= 11 is 0. The van der Waals surface area contributed by atoms with E-state index in [-0.39, 0.29) is 5.41 Å². The summed E-state index contributed by atoms with van der Waals surface area (Å²) in [5.74, 6) is 0.853. The summed E-state index contributed by atoms with van der Waals surface area (Å²) in [6.45, 7) is 10.1. The van der Waals surface area contributed by atoms with E-state index < -0.39 is 16.4 Å². The van der Waals surface area contributed by atoms with Crippen molar-refractivity contribution in [2.75, 3.05) is 31.1 Å². The van der Waals surface area contributed by atoms with Crippen LogP contribution in [0.1, 0.15) is 31.9 Å². The van der Waals surface area contributed by atoms with E-state index >= 15 is 0 Å². The summed E-state index contributed by atoms with van der Waals surface area (Å²) in [5, 5.41) is 11.0. The minimum absolute atomic E-state index is 0.0943. The van der Waals surface area contributed by atoms with Crippen molar-refractivity contribution in [1.29, 1.82) is 0 Å². The van der Waals surface area contributed by atoms with Gasteiger partial charge < -0.3 is 9.88 Å². The van der Waals surface area contributed by atoms with Crippen LogP contribution in [0.2, 0.25) is 0 Å². The van der Waals surface area contributed by atoms with Gasteiger partial charge in [-0.1, -0.05) is 51.1 Å². The molecular weight excluding hydrogens is 459 g/mol. The lowest BCUT2D eigenvalue weighted by atomic mass is 9.87. The Morgan fingerprint density at radius 3 is 2.44 bits per heavy atom. The molecule has 0 bridgehead atoms. The van der Waals surface area contributed by atoms with Crippen molar-refractivity contribution in [1.82, 2.24) is 19.9 Å². The van der Waals surface area contributed by atoms with E-state index in [1.165, 1.54) is 17.7 Å². The third-order valence-corrected chi connectivity index (χ3v) is 6.69. The average Bonchev–Trinajstić information content (AvgIpc) is 3.30. The number of nitro benzene ring substituents is 1. The van der Waals surface area contributed by atoms with Gasteiger partial charge in [-0.25, -0.2) is 9.97 Å². The van der Waals surface area contributed by atoms with E-state index in [0.717, 1.165) is 60.0 Å². The maximum atomic E-state index is 13.7. The molecule has 0 aliphatic carbocycles. The molecule has 186 valence electrons. The van der Waals surface area contributed by atoms with Crippen LogP contribution in [0.5, 0.6) is 0 Å². The number of pyridine rings is 1. The minimum atomic E-state index is -0.809. The van der Waals surface area contributed by atoms with Crippen molar-refractivity contribution >= 4 is 22.5 Å². The lowest BCUT2D eigenvalue weighted by Crippen LogP contribution is -2.46. The van der Waals surface area contributed by atoms with Gasteiger partial charge >= 0.3 is 5.69 Å². The number of nitro groups is 1. The number of hydrogen-bond donors (Lipinski definition) is 1. The molecule has 5 rings (SSSR count). The van der Waals surface area contributed by atoms with Crippen LogP contribution in [0, 0.1) is 15.9 Å². The van der Waals surface area contributed by atoms with E-state index in [1.807, 2.05) is 6.07 Å². The van der Waals surface area contributed by atoms with Gasteiger partial charge in [0.05, 0.1) is 10.4 Å². The Kier molecular flexibility index (Phi) is 6.17. The Hall–Kier alpha value is -3.85. The van der Waals surface area contributed by atoms with Crippen LogP contribution >= 0.6 is 0 Å². The fourth-order valence-electron chi connectivity index (χ4n) is 4.59. The number of nitrogens with zero attached hydrogens (tertiary/aromatic N) is 5. The van der Waals surface area contributed by atoms with Crippen LogP contribution in [-0.2, 0) is 12.0 Å². The summed E-state index contributed by atoms with van der Waals surface area (Å²) in [6, 6.07) is 14.5. The maximum absolute atomic E-state index is 13.7. The lowest BCUT2D eigenvalue weighted by Gasteiger charge is -2.35. The SMILES string of the molecule is CC(C)(C)c1ccc(-c2nc3c(N4CCN(Cc5ccc(F)c([N+](=O)[O-])c5)CC4)nccc3[nH]2)cc1. The number of aromatic nitrogens is 3. The zero-order chi connectivity index (χ0) is 25.4. The van der Waals surface area contributed by atoms with Crippen LogP contribution < -0.4 is 4.90 Å². The second kappa shape index (κ2) is 9.31. The topological polar surface area (TPSA) is 91.2 Å². The fraction of sp³-hybridized carbons (Fsp3) is 0.333. The number of piperazine rings is 1. The molecule has 2 aromatic heterocycles. The van der Waals surface area contributed by atoms with Crippen molar-refractivity contribution in [3.05, 3.63) is 81.8 Å². The highest BCUT2D eigenvalue weighted by Crippen LogP contribution is 2.29. The Morgan fingerprint density at radius 2 is 1.78 bits per heavy atom. The van der Waals surface area contributed by atoms with E-state index in [1.54, 1.807) is 12.3 Å². The number of imidazole rings is 1. The number of halogens is 1. The molecule has 2 aromatic carbocycles. The highest BCUT2D eigenvalue weighted by molar-refractivity contribution is 5.88. The molecule has 0 spiro atoms. The average molecular weight is 489 g/mol. The molecule has 36 heavy (non-hydrogen) atoms. The van der Waals surface area contributed by atoms with Crippen molar-refractivity contribution in [3.8, 4) is 11.4 Å². The van der Waals surface area contributed by atoms with Crippen LogP contribution in [0.15, 0.2) is 54.7 Å². The lowest BCUT2D eigenvalue weighted by molar-refractivity contribution is -0.387. The summed E-state index contributed by atoms with van der Waals surface area (Å²) in [4.78, 5) is 27.8. The molecule has 1 saturated heterocycles. The smallest absolute Gasteiger partial charge is 0.305 e. The first-order valence-corrected chi connectivity index (χ1v) is 12.0. The summed E-state index contributed by atoms with van der Waals surface area (Å²) in [7, 11) is 0. The fourth-order valence-corrected chi connectivity index (χ4v) is 4.59. The van der Waals surface area contributed by atoms with Crippen LogP contribution in [-0.4, -0.2) is 51.0 Å². The van der Waals surface area contributed by atoms with Crippen molar-refractivity contribution in [2.45, 2.75) is 32.7 Å². The van der Waals surface area contributed by atoms with Gasteiger partial charge in [-0.3, -0.25) is 15.0 Å². The quantitative estimate of drug-likeness (QED) is 0.303. The maximum Gasteiger partial charge on any atom is 0.305 e. The molecule has 1 fully saturated rings. The van der Waals surface area contributed by atoms with E-state index in [0.29, 0.717) is 6.54 Å². The molecular formula is C27H29FN6O2. The van der Waals surface area contributed by atoms with Gasteiger partial charge in [0.15, 0.2) is 5.82 Å². The highest BCUT2D eigenvalue weighted by atomic mass is 19.1. The van der Waals surface area contributed by atoms with Crippen molar-refractivity contribution in [2.24, 2.45) is 0 Å². The number of anilines is 1. The van der Waals surface area contributed by atoms with Gasteiger partial charge in [0.25, 0.3) is 0 Å². The van der Waals surface area contributed by atoms with Gasteiger partial charge in [-0.05, 0) is 28.7 Å². The second-order valence-electron chi connectivity index (χ2n) is 10.2. The molecule has 9 heteroatoms. The first-order chi connectivity index (χ1) is 17.2. The summed E-state index contributed by atoms with van der Waals surface area (Å²) in [5.41, 5.74) is 4.43. The molecule has 0 amide bonds. The monoisotopic (exact) mass is 488 g/mol. The zero-order valence-corrected chi connectivity index (χ0v) is 20.7. The van der Waals surface area contributed by atoms with Crippen molar-refractivity contribution < 1.29 is 9.31 Å². The van der Waals surface area contributed by atoms with Gasteiger partial charge in [0.1, 0.15) is 11.3 Å². The third-order valence-electron chi connectivity index (χ3n) is 6.69. The largest absolute Gasteiger partial charge is 0.352 e. The molecule has 4 aromatic rings. The number of benzene rings is 2. The molecule has 0 unspecified atom stereocenters. The molecule has 3 heterocycles.